The molecule has 5 heteroatoms. The number of carboxylic acids is 1. The highest BCUT2D eigenvalue weighted by Gasteiger charge is 2.44. The highest BCUT2D eigenvalue weighted by molar-refractivity contribution is 6.30. The molecular formula is C14H18ClNO3. The molecule has 0 spiro atoms. The average Bonchev–Trinajstić information content (AvgIpc) is 2.28. The summed E-state index contributed by atoms with van der Waals surface area (Å²) in [6.07, 6.45) is 0. The van der Waals surface area contributed by atoms with Crippen LogP contribution in [-0.4, -0.2) is 22.5 Å². The van der Waals surface area contributed by atoms with Gasteiger partial charge in [-0.05, 0) is 52.0 Å². The van der Waals surface area contributed by atoms with Crippen LogP contribution in [0.2, 0.25) is 5.02 Å². The van der Waals surface area contributed by atoms with Gasteiger partial charge < -0.3 is 10.4 Å². The van der Waals surface area contributed by atoms with E-state index in [2.05, 4.69) is 5.32 Å². The molecule has 0 aliphatic heterocycles. The van der Waals surface area contributed by atoms with E-state index in [9.17, 15) is 14.7 Å². The van der Waals surface area contributed by atoms with Crippen molar-refractivity contribution in [2.75, 3.05) is 0 Å². The maximum absolute atomic E-state index is 12.1. The van der Waals surface area contributed by atoms with Gasteiger partial charge in [0, 0.05) is 10.6 Å². The van der Waals surface area contributed by atoms with Crippen molar-refractivity contribution in [3.63, 3.8) is 0 Å². The van der Waals surface area contributed by atoms with Crippen molar-refractivity contribution in [2.24, 2.45) is 5.41 Å². The fourth-order valence-electron chi connectivity index (χ4n) is 1.38. The number of nitrogens with one attached hydrogen (secondary N) is 1. The summed E-state index contributed by atoms with van der Waals surface area (Å²) in [7, 11) is 0. The number of rotatable bonds is 4. The van der Waals surface area contributed by atoms with Crippen LogP contribution in [0.25, 0.3) is 0 Å². The van der Waals surface area contributed by atoms with Gasteiger partial charge in [-0.2, -0.15) is 0 Å². The van der Waals surface area contributed by atoms with Crippen molar-refractivity contribution in [3.05, 3.63) is 34.9 Å². The van der Waals surface area contributed by atoms with E-state index in [1.54, 1.807) is 52.0 Å². The molecule has 0 fully saturated rings. The van der Waals surface area contributed by atoms with Gasteiger partial charge in [-0.15, -0.1) is 0 Å². The number of halogens is 1. The molecule has 19 heavy (non-hydrogen) atoms. The third-order valence-corrected chi connectivity index (χ3v) is 3.88. The zero-order valence-electron chi connectivity index (χ0n) is 11.5. The topological polar surface area (TPSA) is 66.4 Å². The molecule has 0 unspecified atom stereocenters. The molecule has 1 aromatic carbocycles. The summed E-state index contributed by atoms with van der Waals surface area (Å²) in [4.78, 5) is 23.4. The maximum Gasteiger partial charge on any atom is 0.311 e. The number of carbonyl (C=O) groups excluding carboxylic acids is 1. The zero-order valence-corrected chi connectivity index (χ0v) is 12.2. The lowest BCUT2D eigenvalue weighted by Crippen LogP contribution is -2.56. The molecule has 1 rings (SSSR count). The summed E-state index contributed by atoms with van der Waals surface area (Å²) >= 11 is 5.75. The van der Waals surface area contributed by atoms with Crippen LogP contribution in [0.15, 0.2) is 24.3 Å². The quantitative estimate of drug-likeness (QED) is 0.893. The summed E-state index contributed by atoms with van der Waals surface area (Å²) in [5.41, 5.74) is -1.54. The van der Waals surface area contributed by atoms with Crippen LogP contribution >= 0.6 is 11.6 Å². The Bertz CT molecular complexity index is 492. The lowest BCUT2D eigenvalue weighted by atomic mass is 9.74. The summed E-state index contributed by atoms with van der Waals surface area (Å²) in [5, 5.41) is 12.5. The second-order valence-electron chi connectivity index (χ2n) is 5.52. The van der Waals surface area contributed by atoms with Crippen molar-refractivity contribution in [2.45, 2.75) is 33.2 Å². The number of benzene rings is 1. The lowest BCUT2D eigenvalue weighted by molar-refractivity contribution is -0.150. The number of hydrogen-bond acceptors (Lipinski definition) is 2. The van der Waals surface area contributed by atoms with Crippen LogP contribution in [0.3, 0.4) is 0 Å². The smallest absolute Gasteiger partial charge is 0.311 e. The van der Waals surface area contributed by atoms with E-state index >= 15 is 0 Å². The van der Waals surface area contributed by atoms with Crippen molar-refractivity contribution in [1.82, 2.24) is 5.32 Å². The predicted octanol–water partition coefficient (Wildman–Crippen LogP) is 2.96. The first-order valence-corrected chi connectivity index (χ1v) is 6.27. The first-order chi connectivity index (χ1) is 8.58. The van der Waals surface area contributed by atoms with E-state index in [0.717, 1.165) is 0 Å². The molecule has 0 radical (unpaired) electrons. The van der Waals surface area contributed by atoms with E-state index in [1.165, 1.54) is 0 Å². The van der Waals surface area contributed by atoms with E-state index in [0.29, 0.717) is 10.6 Å². The van der Waals surface area contributed by atoms with Crippen LogP contribution < -0.4 is 5.32 Å². The summed E-state index contributed by atoms with van der Waals surface area (Å²) in [6, 6.07) is 6.43. The molecule has 2 N–H and O–H groups in total. The SMILES string of the molecule is CC(C)(NC(=O)c1ccc(Cl)cc1)C(C)(C)C(=O)O. The standard InChI is InChI=1S/C14H18ClNO3/c1-13(2,12(18)19)14(3,4)16-11(17)9-5-7-10(15)8-6-9/h5-8H,1-4H3,(H,16,17)(H,18,19). The molecule has 1 amide bonds. The molecule has 0 saturated heterocycles. The lowest BCUT2D eigenvalue weighted by Gasteiger charge is -2.38. The molecular weight excluding hydrogens is 266 g/mol. The number of amides is 1. The second-order valence-corrected chi connectivity index (χ2v) is 5.95. The van der Waals surface area contributed by atoms with Crippen LogP contribution in [0.4, 0.5) is 0 Å². The molecule has 0 aromatic heterocycles. The molecule has 0 aliphatic carbocycles. The minimum atomic E-state index is -1.09. The minimum absolute atomic E-state index is 0.323. The third-order valence-electron chi connectivity index (χ3n) is 3.63. The van der Waals surface area contributed by atoms with Crippen LogP contribution in [-0.2, 0) is 4.79 Å². The van der Waals surface area contributed by atoms with Gasteiger partial charge in [0.25, 0.3) is 5.91 Å². The van der Waals surface area contributed by atoms with Gasteiger partial charge in [-0.25, -0.2) is 0 Å². The monoisotopic (exact) mass is 283 g/mol. The largest absolute Gasteiger partial charge is 0.481 e. The fourth-order valence-corrected chi connectivity index (χ4v) is 1.51. The molecule has 1 aromatic rings. The van der Waals surface area contributed by atoms with Gasteiger partial charge >= 0.3 is 5.97 Å². The van der Waals surface area contributed by atoms with Gasteiger partial charge in [0.15, 0.2) is 0 Å². The Morgan fingerprint density at radius 1 is 1.11 bits per heavy atom. The molecule has 0 saturated carbocycles. The Balaban J connectivity index is 2.92. The molecule has 4 nitrogen and oxygen atoms in total. The number of carboxylic acid groups (broad SMARTS) is 1. The van der Waals surface area contributed by atoms with E-state index in [1.807, 2.05) is 0 Å². The Kier molecular flexibility index (Phi) is 4.25. The summed E-state index contributed by atoms with van der Waals surface area (Å²) in [5.74, 6) is -1.29. The van der Waals surface area contributed by atoms with Crippen molar-refractivity contribution >= 4 is 23.5 Å². The van der Waals surface area contributed by atoms with Crippen molar-refractivity contribution in [3.8, 4) is 0 Å². The van der Waals surface area contributed by atoms with E-state index < -0.39 is 16.9 Å². The molecule has 0 aliphatic rings. The Labute approximate surface area is 117 Å². The number of carbonyl (C=O) groups is 2. The normalized spacial score (nSPS) is 12.1. The van der Waals surface area contributed by atoms with Crippen LogP contribution in [0, 0.1) is 5.41 Å². The summed E-state index contributed by atoms with van der Waals surface area (Å²) < 4.78 is 0. The average molecular weight is 284 g/mol. The highest BCUT2D eigenvalue weighted by atomic mass is 35.5. The first kappa shape index (κ1) is 15.5. The van der Waals surface area contributed by atoms with Crippen LogP contribution in [0.5, 0.6) is 0 Å². The molecule has 0 atom stereocenters. The highest BCUT2D eigenvalue weighted by Crippen LogP contribution is 2.31. The first-order valence-electron chi connectivity index (χ1n) is 5.89. The third kappa shape index (κ3) is 3.26. The van der Waals surface area contributed by atoms with Gasteiger partial charge in [0.1, 0.15) is 0 Å². The van der Waals surface area contributed by atoms with Gasteiger partial charge in [-0.1, -0.05) is 11.6 Å². The Morgan fingerprint density at radius 2 is 1.58 bits per heavy atom. The second kappa shape index (κ2) is 5.21. The zero-order chi connectivity index (χ0) is 14.8. The maximum atomic E-state index is 12.1. The van der Waals surface area contributed by atoms with Crippen LogP contribution in [0.1, 0.15) is 38.1 Å². The minimum Gasteiger partial charge on any atom is -0.481 e. The molecule has 0 bridgehead atoms. The Morgan fingerprint density at radius 3 is 2.00 bits per heavy atom. The van der Waals surface area contributed by atoms with Crippen molar-refractivity contribution in [1.29, 1.82) is 0 Å². The predicted molar refractivity (Wildman–Crippen MR) is 74.4 cm³/mol. The Hall–Kier alpha value is -1.55. The number of hydrogen-bond donors (Lipinski definition) is 2. The van der Waals surface area contributed by atoms with E-state index in [4.69, 9.17) is 11.6 Å². The van der Waals surface area contributed by atoms with E-state index in [-0.39, 0.29) is 5.91 Å². The fraction of sp³-hybridized carbons (Fsp3) is 0.429. The van der Waals surface area contributed by atoms with Gasteiger partial charge in [-0.3, -0.25) is 9.59 Å². The molecule has 104 valence electrons. The van der Waals surface area contributed by atoms with Gasteiger partial charge in [0.05, 0.1) is 11.0 Å². The molecule has 0 heterocycles. The number of aliphatic carboxylic acids is 1. The van der Waals surface area contributed by atoms with Crippen molar-refractivity contribution < 1.29 is 14.7 Å². The van der Waals surface area contributed by atoms with Gasteiger partial charge in [0.2, 0.25) is 0 Å². The summed E-state index contributed by atoms with van der Waals surface area (Å²) in [6.45, 7) is 6.54.